The third-order valence-corrected chi connectivity index (χ3v) is 3.45. The number of carbonyl (C=O) groups excluding carboxylic acids is 4. The fourth-order valence-electron chi connectivity index (χ4n) is 2.23. The van der Waals surface area contributed by atoms with Gasteiger partial charge in [0.15, 0.2) is 17.9 Å². The summed E-state index contributed by atoms with van der Waals surface area (Å²) in [4.78, 5) is 47.1. The van der Waals surface area contributed by atoms with E-state index in [2.05, 4.69) is 5.32 Å². The molecule has 8 heteroatoms. The molecule has 0 aliphatic carbocycles. The fraction of sp³-hybridized carbons (Fsp3) is 0.286. The Balaban J connectivity index is 2.31. The molecule has 1 fully saturated rings. The average molecular weight is 310 g/mol. The van der Waals surface area contributed by atoms with Crippen LogP contribution < -0.4 is 5.32 Å². The Hall–Kier alpha value is -2.64. The van der Waals surface area contributed by atoms with Crippen LogP contribution in [-0.2, 0) is 9.59 Å². The Morgan fingerprint density at radius 3 is 2.55 bits per heavy atom. The molecule has 1 aliphatic heterocycles. The number of nitrogens with zero attached hydrogens (tertiary/aromatic N) is 1. The maximum atomic E-state index is 13.3. The third kappa shape index (κ3) is 2.85. The van der Waals surface area contributed by atoms with Crippen molar-refractivity contribution in [3.05, 3.63) is 34.9 Å². The normalized spacial score (nSPS) is 17.9. The maximum absolute atomic E-state index is 13.3. The molecular formula is C14H12F2N2O4. The van der Waals surface area contributed by atoms with E-state index in [4.69, 9.17) is 0 Å². The van der Waals surface area contributed by atoms with Crippen molar-refractivity contribution >= 4 is 24.0 Å². The number of imide groups is 1. The highest BCUT2D eigenvalue weighted by Crippen LogP contribution is 2.19. The monoisotopic (exact) mass is 310 g/mol. The van der Waals surface area contributed by atoms with Gasteiger partial charge >= 0.3 is 0 Å². The Bertz CT molecular complexity index is 675. The van der Waals surface area contributed by atoms with Crippen molar-refractivity contribution in [2.75, 3.05) is 7.05 Å². The van der Waals surface area contributed by atoms with Crippen molar-refractivity contribution in [1.82, 2.24) is 10.2 Å². The molecule has 1 heterocycles. The van der Waals surface area contributed by atoms with Gasteiger partial charge < -0.3 is 4.90 Å². The molecule has 3 amide bonds. The van der Waals surface area contributed by atoms with E-state index in [-0.39, 0.29) is 30.3 Å². The van der Waals surface area contributed by atoms with E-state index in [1.54, 1.807) is 0 Å². The summed E-state index contributed by atoms with van der Waals surface area (Å²) >= 11 is 0. The van der Waals surface area contributed by atoms with Gasteiger partial charge in [-0.3, -0.25) is 24.5 Å². The number of rotatable bonds is 3. The van der Waals surface area contributed by atoms with Crippen molar-refractivity contribution in [3.63, 3.8) is 0 Å². The lowest BCUT2D eigenvalue weighted by atomic mass is 10.0. The molecule has 116 valence electrons. The molecule has 22 heavy (non-hydrogen) atoms. The van der Waals surface area contributed by atoms with Crippen molar-refractivity contribution in [2.45, 2.75) is 18.9 Å². The van der Waals surface area contributed by atoms with Crippen LogP contribution in [0, 0.1) is 11.6 Å². The van der Waals surface area contributed by atoms with Gasteiger partial charge in [-0.2, -0.15) is 0 Å². The Labute approximate surface area is 124 Å². The lowest BCUT2D eigenvalue weighted by molar-refractivity contribution is -0.136. The minimum atomic E-state index is -1.27. The minimum absolute atomic E-state index is 0.0618. The van der Waals surface area contributed by atoms with Crippen molar-refractivity contribution in [1.29, 1.82) is 0 Å². The summed E-state index contributed by atoms with van der Waals surface area (Å²) in [5, 5.41) is 2.09. The van der Waals surface area contributed by atoms with E-state index in [1.807, 2.05) is 0 Å². The minimum Gasteiger partial charge on any atom is -0.330 e. The predicted octanol–water partition coefficient (Wildman–Crippen LogP) is 0.655. The topological polar surface area (TPSA) is 83.6 Å². The number of carbonyl (C=O) groups is 4. The van der Waals surface area contributed by atoms with Gasteiger partial charge in [0, 0.05) is 19.0 Å². The molecule has 2 rings (SSSR count). The molecular weight excluding hydrogens is 298 g/mol. The molecule has 1 unspecified atom stereocenters. The summed E-state index contributed by atoms with van der Waals surface area (Å²) in [7, 11) is 1.29. The SMILES string of the molecule is CN(C(=O)c1cc(F)c(F)cc1C=O)C1CCC(=O)NC1=O. The van der Waals surface area contributed by atoms with Gasteiger partial charge in [-0.25, -0.2) is 8.78 Å². The molecule has 0 radical (unpaired) electrons. The van der Waals surface area contributed by atoms with Gasteiger partial charge in [-0.05, 0) is 18.6 Å². The first-order valence-electron chi connectivity index (χ1n) is 6.40. The summed E-state index contributed by atoms with van der Waals surface area (Å²) in [5.41, 5.74) is -0.663. The zero-order chi connectivity index (χ0) is 16.4. The number of amides is 3. The predicted molar refractivity (Wildman–Crippen MR) is 70.0 cm³/mol. The summed E-state index contributed by atoms with van der Waals surface area (Å²) in [6, 6.07) is 0.315. The van der Waals surface area contributed by atoms with Gasteiger partial charge in [-0.1, -0.05) is 0 Å². The summed E-state index contributed by atoms with van der Waals surface area (Å²) in [5.74, 6) is -4.42. The molecule has 1 aromatic carbocycles. The maximum Gasteiger partial charge on any atom is 0.255 e. The molecule has 0 aromatic heterocycles. The van der Waals surface area contributed by atoms with Crippen LogP contribution in [0.15, 0.2) is 12.1 Å². The standard InChI is InChI=1S/C14H12F2N2O4/c1-18(11-2-3-12(20)17-13(11)21)14(22)8-5-10(16)9(15)4-7(8)6-19/h4-6,11H,2-3H2,1H3,(H,17,20,21). The Kier molecular flexibility index (Phi) is 4.30. The second-order valence-electron chi connectivity index (χ2n) is 4.85. The van der Waals surface area contributed by atoms with E-state index in [1.165, 1.54) is 7.05 Å². The zero-order valence-corrected chi connectivity index (χ0v) is 11.6. The summed E-state index contributed by atoms with van der Waals surface area (Å²) in [6.45, 7) is 0. The van der Waals surface area contributed by atoms with Crippen LogP contribution in [-0.4, -0.2) is 42.0 Å². The van der Waals surface area contributed by atoms with Crippen LogP contribution in [0.4, 0.5) is 8.78 Å². The third-order valence-electron chi connectivity index (χ3n) is 3.45. The van der Waals surface area contributed by atoms with Crippen molar-refractivity contribution < 1.29 is 28.0 Å². The summed E-state index contributed by atoms with van der Waals surface area (Å²) < 4.78 is 26.4. The van der Waals surface area contributed by atoms with Crippen LogP contribution in [0.3, 0.4) is 0 Å². The first kappa shape index (κ1) is 15.7. The number of aldehydes is 1. The van der Waals surface area contributed by atoms with E-state index < -0.39 is 35.4 Å². The Morgan fingerprint density at radius 2 is 1.95 bits per heavy atom. The molecule has 1 saturated heterocycles. The van der Waals surface area contributed by atoms with Crippen molar-refractivity contribution in [2.24, 2.45) is 0 Å². The first-order valence-corrected chi connectivity index (χ1v) is 6.40. The molecule has 0 saturated carbocycles. The molecule has 1 aromatic rings. The molecule has 1 atom stereocenters. The lowest BCUT2D eigenvalue weighted by Crippen LogP contribution is -2.53. The number of hydrogen-bond donors (Lipinski definition) is 1. The van der Waals surface area contributed by atoms with E-state index in [0.717, 1.165) is 4.90 Å². The lowest BCUT2D eigenvalue weighted by Gasteiger charge is -2.30. The smallest absolute Gasteiger partial charge is 0.255 e. The van der Waals surface area contributed by atoms with Crippen molar-refractivity contribution in [3.8, 4) is 0 Å². The zero-order valence-electron chi connectivity index (χ0n) is 11.6. The van der Waals surface area contributed by atoms with Gasteiger partial charge in [-0.15, -0.1) is 0 Å². The van der Waals surface area contributed by atoms with E-state index in [0.29, 0.717) is 12.1 Å². The van der Waals surface area contributed by atoms with Crippen LogP contribution in [0.25, 0.3) is 0 Å². The molecule has 1 aliphatic rings. The molecule has 6 nitrogen and oxygen atoms in total. The van der Waals surface area contributed by atoms with Crippen LogP contribution in [0.1, 0.15) is 33.6 Å². The second kappa shape index (κ2) is 6.00. The average Bonchev–Trinajstić information content (AvgIpc) is 2.48. The fourth-order valence-corrected chi connectivity index (χ4v) is 2.23. The highest BCUT2D eigenvalue weighted by atomic mass is 19.2. The van der Waals surface area contributed by atoms with E-state index >= 15 is 0 Å². The Morgan fingerprint density at radius 1 is 1.32 bits per heavy atom. The number of hydrogen-bond acceptors (Lipinski definition) is 4. The molecule has 0 spiro atoms. The van der Waals surface area contributed by atoms with Gasteiger partial charge in [0.25, 0.3) is 5.91 Å². The number of halogens is 2. The first-order chi connectivity index (χ1) is 10.3. The van der Waals surface area contributed by atoms with Gasteiger partial charge in [0.1, 0.15) is 6.04 Å². The highest BCUT2D eigenvalue weighted by Gasteiger charge is 2.33. The van der Waals surface area contributed by atoms with Gasteiger partial charge in [0.05, 0.1) is 5.56 Å². The van der Waals surface area contributed by atoms with Crippen LogP contribution >= 0.6 is 0 Å². The van der Waals surface area contributed by atoms with E-state index in [9.17, 15) is 28.0 Å². The van der Waals surface area contributed by atoms with Gasteiger partial charge in [0.2, 0.25) is 11.8 Å². The van der Waals surface area contributed by atoms with Crippen LogP contribution in [0.2, 0.25) is 0 Å². The number of likely N-dealkylation sites (N-methyl/N-ethyl adjacent to an activating group) is 1. The molecule has 1 N–H and O–H groups in total. The number of nitrogens with one attached hydrogen (secondary N) is 1. The second-order valence-corrected chi connectivity index (χ2v) is 4.85. The molecule has 0 bridgehead atoms. The highest BCUT2D eigenvalue weighted by molar-refractivity contribution is 6.06. The van der Waals surface area contributed by atoms with Crippen LogP contribution in [0.5, 0.6) is 0 Å². The summed E-state index contributed by atoms with van der Waals surface area (Å²) in [6.07, 6.45) is 0.410. The largest absolute Gasteiger partial charge is 0.330 e. The number of piperidine rings is 1. The number of benzene rings is 1. The quantitative estimate of drug-likeness (QED) is 0.656.